The zero-order chi connectivity index (χ0) is 17.4. The van der Waals surface area contributed by atoms with Gasteiger partial charge in [0.25, 0.3) is 11.6 Å². The van der Waals surface area contributed by atoms with E-state index in [-0.39, 0.29) is 18.0 Å². The first kappa shape index (κ1) is 16.9. The van der Waals surface area contributed by atoms with E-state index >= 15 is 0 Å². The molecule has 0 saturated heterocycles. The Kier molecular flexibility index (Phi) is 5.84. The molecule has 0 aromatic heterocycles. The molecule has 0 heterocycles. The molecule has 0 spiro atoms. The van der Waals surface area contributed by atoms with Gasteiger partial charge in [-0.25, -0.2) is 5.43 Å². The van der Waals surface area contributed by atoms with E-state index in [2.05, 4.69) is 10.5 Å². The maximum absolute atomic E-state index is 11.6. The van der Waals surface area contributed by atoms with Crippen molar-refractivity contribution in [3.05, 3.63) is 64.2 Å². The Morgan fingerprint density at radius 2 is 2.00 bits per heavy atom. The molecule has 0 atom stereocenters. The van der Waals surface area contributed by atoms with E-state index in [4.69, 9.17) is 9.47 Å². The summed E-state index contributed by atoms with van der Waals surface area (Å²) >= 11 is 0. The third-order valence-corrected chi connectivity index (χ3v) is 2.92. The molecule has 2 rings (SSSR count). The van der Waals surface area contributed by atoms with Crippen molar-refractivity contribution in [3.8, 4) is 11.5 Å². The average Bonchev–Trinajstić information content (AvgIpc) is 2.61. The summed E-state index contributed by atoms with van der Waals surface area (Å²) in [6, 6.07) is 12.7. The highest BCUT2D eigenvalue weighted by molar-refractivity contribution is 5.83. The minimum atomic E-state index is -0.536. The number of rotatable bonds is 7. The van der Waals surface area contributed by atoms with Crippen LogP contribution in [0, 0.1) is 10.1 Å². The van der Waals surface area contributed by atoms with Gasteiger partial charge in [0.05, 0.1) is 24.3 Å². The molecule has 1 amide bonds. The lowest BCUT2D eigenvalue weighted by Crippen LogP contribution is -2.24. The zero-order valence-corrected chi connectivity index (χ0v) is 12.8. The third kappa shape index (κ3) is 5.09. The fourth-order valence-corrected chi connectivity index (χ4v) is 1.74. The predicted octanol–water partition coefficient (Wildman–Crippen LogP) is 2.13. The minimum absolute atomic E-state index is 0.106. The number of carbonyl (C=O) groups excluding carboxylic acids is 1. The summed E-state index contributed by atoms with van der Waals surface area (Å²) in [5.74, 6) is 0.478. The summed E-state index contributed by atoms with van der Waals surface area (Å²) in [5.41, 5.74) is 2.99. The number of hydrazone groups is 1. The quantitative estimate of drug-likeness (QED) is 0.476. The van der Waals surface area contributed by atoms with Crippen molar-refractivity contribution in [2.75, 3.05) is 13.7 Å². The molecule has 0 saturated carbocycles. The molecule has 0 aliphatic heterocycles. The number of nitro benzene ring substituents is 1. The molecule has 24 heavy (non-hydrogen) atoms. The first-order valence-electron chi connectivity index (χ1n) is 6.91. The Bertz CT molecular complexity index is 744. The van der Waals surface area contributed by atoms with Crippen LogP contribution in [0.15, 0.2) is 53.6 Å². The molecule has 0 unspecified atom stereocenters. The molecule has 2 aromatic rings. The van der Waals surface area contributed by atoms with Crippen LogP contribution in [0.2, 0.25) is 0 Å². The van der Waals surface area contributed by atoms with Crippen LogP contribution in [0.5, 0.6) is 11.5 Å². The van der Waals surface area contributed by atoms with Crippen LogP contribution in [0.4, 0.5) is 5.69 Å². The van der Waals surface area contributed by atoms with Gasteiger partial charge in [0.15, 0.2) is 6.61 Å². The summed E-state index contributed by atoms with van der Waals surface area (Å²) in [4.78, 5) is 21.7. The molecule has 8 nitrogen and oxygen atoms in total. The second-order valence-electron chi connectivity index (χ2n) is 4.61. The predicted molar refractivity (Wildman–Crippen MR) is 87.3 cm³/mol. The van der Waals surface area contributed by atoms with E-state index in [1.165, 1.54) is 30.5 Å². The first-order valence-corrected chi connectivity index (χ1v) is 6.91. The van der Waals surface area contributed by atoms with Gasteiger partial charge in [0, 0.05) is 6.07 Å². The molecule has 2 aromatic carbocycles. The van der Waals surface area contributed by atoms with Crippen LogP contribution in [0.1, 0.15) is 5.56 Å². The van der Waals surface area contributed by atoms with E-state index in [9.17, 15) is 14.9 Å². The molecule has 0 bridgehead atoms. The largest absolute Gasteiger partial charge is 0.497 e. The van der Waals surface area contributed by atoms with Gasteiger partial charge in [-0.3, -0.25) is 14.9 Å². The summed E-state index contributed by atoms with van der Waals surface area (Å²) < 4.78 is 10.2. The topological polar surface area (TPSA) is 103 Å². The highest BCUT2D eigenvalue weighted by Crippen LogP contribution is 2.18. The van der Waals surface area contributed by atoms with Crippen molar-refractivity contribution in [3.63, 3.8) is 0 Å². The lowest BCUT2D eigenvalue weighted by molar-refractivity contribution is -0.384. The van der Waals surface area contributed by atoms with Gasteiger partial charge in [0.2, 0.25) is 0 Å². The number of benzene rings is 2. The van der Waals surface area contributed by atoms with Crippen molar-refractivity contribution in [1.29, 1.82) is 0 Å². The van der Waals surface area contributed by atoms with E-state index < -0.39 is 10.8 Å². The summed E-state index contributed by atoms with van der Waals surface area (Å²) in [5, 5.41) is 14.5. The highest BCUT2D eigenvalue weighted by atomic mass is 16.6. The van der Waals surface area contributed by atoms with Gasteiger partial charge in [-0.1, -0.05) is 6.07 Å². The van der Waals surface area contributed by atoms with Gasteiger partial charge < -0.3 is 9.47 Å². The van der Waals surface area contributed by atoms with E-state index in [1.807, 2.05) is 0 Å². The number of hydrogen-bond donors (Lipinski definition) is 1. The van der Waals surface area contributed by atoms with E-state index in [0.29, 0.717) is 0 Å². The van der Waals surface area contributed by atoms with E-state index in [0.717, 1.165) is 11.3 Å². The zero-order valence-electron chi connectivity index (χ0n) is 12.8. The summed E-state index contributed by atoms with van der Waals surface area (Å²) in [6.07, 6.45) is 1.48. The van der Waals surface area contributed by atoms with Gasteiger partial charge in [-0.15, -0.1) is 0 Å². The number of non-ortho nitro benzene ring substituents is 1. The fraction of sp³-hybridized carbons (Fsp3) is 0.125. The lowest BCUT2D eigenvalue weighted by Gasteiger charge is -2.04. The Morgan fingerprint density at radius 1 is 1.25 bits per heavy atom. The number of nitrogens with one attached hydrogen (secondary N) is 1. The number of hydrogen-bond acceptors (Lipinski definition) is 6. The molecule has 8 heteroatoms. The van der Waals surface area contributed by atoms with Crippen LogP contribution >= 0.6 is 0 Å². The Labute approximate surface area is 137 Å². The average molecular weight is 329 g/mol. The minimum Gasteiger partial charge on any atom is -0.497 e. The maximum Gasteiger partial charge on any atom is 0.277 e. The molecular weight excluding hydrogens is 314 g/mol. The van der Waals surface area contributed by atoms with Crippen molar-refractivity contribution >= 4 is 17.8 Å². The standard InChI is InChI=1S/C16H15N3O5/c1-23-14-7-5-12(6-8-14)10-17-18-16(20)11-24-15-4-2-3-13(9-15)19(21)22/h2-10H,11H2,1H3,(H,18,20)/b17-10+. The molecule has 0 radical (unpaired) electrons. The fourth-order valence-electron chi connectivity index (χ4n) is 1.74. The number of carbonyl (C=O) groups is 1. The van der Waals surface area contributed by atoms with Gasteiger partial charge in [-0.2, -0.15) is 5.10 Å². The summed E-state index contributed by atoms with van der Waals surface area (Å²) in [6.45, 7) is -0.304. The normalized spacial score (nSPS) is 10.4. The molecule has 0 aliphatic rings. The van der Waals surface area contributed by atoms with Crippen LogP contribution in [0.3, 0.4) is 0 Å². The number of nitro groups is 1. The number of nitrogens with zero attached hydrogens (tertiary/aromatic N) is 2. The Balaban J connectivity index is 1.81. The number of amides is 1. The number of methoxy groups -OCH3 is 1. The van der Waals surface area contributed by atoms with Crippen LogP contribution in [-0.4, -0.2) is 30.8 Å². The Morgan fingerprint density at radius 3 is 2.67 bits per heavy atom. The molecule has 0 aliphatic carbocycles. The highest BCUT2D eigenvalue weighted by Gasteiger charge is 2.07. The second kappa shape index (κ2) is 8.28. The second-order valence-corrected chi connectivity index (χ2v) is 4.61. The molecule has 0 fully saturated rings. The SMILES string of the molecule is COc1ccc(/C=N/NC(=O)COc2cccc([N+](=O)[O-])c2)cc1. The first-order chi connectivity index (χ1) is 11.6. The van der Waals surface area contributed by atoms with Crippen molar-refractivity contribution in [2.24, 2.45) is 5.10 Å². The van der Waals surface area contributed by atoms with Crippen LogP contribution in [-0.2, 0) is 4.79 Å². The Hall–Kier alpha value is -3.42. The lowest BCUT2D eigenvalue weighted by atomic mass is 10.2. The van der Waals surface area contributed by atoms with Crippen molar-refractivity contribution in [1.82, 2.24) is 5.43 Å². The maximum atomic E-state index is 11.6. The van der Waals surface area contributed by atoms with E-state index in [1.54, 1.807) is 31.4 Å². The molecule has 1 N–H and O–H groups in total. The van der Waals surface area contributed by atoms with Crippen molar-refractivity contribution in [2.45, 2.75) is 0 Å². The summed E-state index contributed by atoms with van der Waals surface area (Å²) in [7, 11) is 1.57. The monoisotopic (exact) mass is 329 g/mol. The number of ether oxygens (including phenoxy) is 2. The third-order valence-electron chi connectivity index (χ3n) is 2.92. The van der Waals surface area contributed by atoms with Gasteiger partial charge in [0.1, 0.15) is 11.5 Å². The smallest absolute Gasteiger partial charge is 0.277 e. The molecular formula is C16H15N3O5. The van der Waals surface area contributed by atoms with Crippen molar-refractivity contribution < 1.29 is 19.2 Å². The van der Waals surface area contributed by atoms with Gasteiger partial charge in [-0.05, 0) is 35.9 Å². The van der Waals surface area contributed by atoms with Crippen LogP contribution in [0.25, 0.3) is 0 Å². The molecule has 124 valence electrons. The van der Waals surface area contributed by atoms with Gasteiger partial charge >= 0.3 is 0 Å². The van der Waals surface area contributed by atoms with Crippen LogP contribution < -0.4 is 14.9 Å².